The van der Waals surface area contributed by atoms with Gasteiger partial charge in [0.15, 0.2) is 0 Å². The smallest absolute Gasteiger partial charge is 0.227 e. The molecule has 2 amide bonds. The van der Waals surface area contributed by atoms with Crippen LogP contribution in [0.2, 0.25) is 0 Å². The van der Waals surface area contributed by atoms with E-state index in [-0.39, 0.29) is 11.8 Å². The van der Waals surface area contributed by atoms with Crippen LogP contribution in [0.4, 0.5) is 0 Å². The summed E-state index contributed by atoms with van der Waals surface area (Å²) in [4.78, 5) is 36.4. The van der Waals surface area contributed by atoms with E-state index in [1.54, 1.807) is 6.20 Å². The summed E-state index contributed by atoms with van der Waals surface area (Å²) >= 11 is 0. The summed E-state index contributed by atoms with van der Waals surface area (Å²) in [5, 5.41) is 0. The molecule has 0 unspecified atom stereocenters. The van der Waals surface area contributed by atoms with E-state index in [1.165, 1.54) is 0 Å². The minimum atomic E-state index is 0.0820. The molecule has 3 fully saturated rings. The molecule has 1 aromatic heterocycles. The molecule has 1 aromatic rings. The molecule has 3 heterocycles. The van der Waals surface area contributed by atoms with E-state index in [0.717, 1.165) is 70.4 Å². The molecule has 6 heteroatoms. The van der Waals surface area contributed by atoms with E-state index < -0.39 is 0 Å². The summed E-state index contributed by atoms with van der Waals surface area (Å²) in [6.45, 7) is 7.07. The molecular weight excluding hydrogens is 364 g/mol. The van der Waals surface area contributed by atoms with Gasteiger partial charge in [-0.15, -0.1) is 0 Å². The van der Waals surface area contributed by atoms with Crippen LogP contribution in [0, 0.1) is 11.8 Å². The zero-order valence-electron chi connectivity index (χ0n) is 17.6. The van der Waals surface area contributed by atoms with Crippen LogP contribution in [0.5, 0.6) is 0 Å². The minimum Gasteiger partial charge on any atom is -0.342 e. The Morgan fingerprint density at radius 3 is 2.52 bits per heavy atom. The molecule has 1 atom stereocenters. The van der Waals surface area contributed by atoms with Crippen LogP contribution in [-0.2, 0) is 16.1 Å². The molecule has 0 bridgehead atoms. The first-order valence-electron chi connectivity index (χ1n) is 11.4. The van der Waals surface area contributed by atoms with Gasteiger partial charge in [0.2, 0.25) is 11.8 Å². The summed E-state index contributed by atoms with van der Waals surface area (Å²) in [6.07, 6.45) is 8.11. The van der Waals surface area contributed by atoms with Crippen LogP contribution in [0.1, 0.15) is 51.1 Å². The van der Waals surface area contributed by atoms with Crippen molar-refractivity contribution in [2.75, 3.05) is 32.7 Å². The Labute approximate surface area is 174 Å². The van der Waals surface area contributed by atoms with Gasteiger partial charge in [-0.05, 0) is 64.1 Å². The SMILES string of the molecule is CCN(Cc1ccccn1)C(=O)[C@@H]1CCCN(C2CCN(C(=O)C3CC3)CC2)C1. The molecule has 1 aliphatic carbocycles. The van der Waals surface area contributed by atoms with E-state index >= 15 is 0 Å². The molecule has 0 aromatic carbocycles. The molecule has 0 spiro atoms. The number of piperidine rings is 2. The average Bonchev–Trinajstić information content (AvgIpc) is 3.63. The molecule has 0 N–H and O–H groups in total. The molecule has 158 valence electrons. The average molecular weight is 399 g/mol. The van der Waals surface area contributed by atoms with Gasteiger partial charge in [0.1, 0.15) is 0 Å². The second-order valence-corrected chi connectivity index (χ2v) is 8.84. The van der Waals surface area contributed by atoms with Crippen LogP contribution in [0.15, 0.2) is 24.4 Å². The summed E-state index contributed by atoms with van der Waals surface area (Å²) < 4.78 is 0. The van der Waals surface area contributed by atoms with Crippen LogP contribution in [0.25, 0.3) is 0 Å². The number of aromatic nitrogens is 1. The number of hydrogen-bond donors (Lipinski definition) is 0. The fourth-order valence-corrected chi connectivity index (χ4v) is 4.87. The van der Waals surface area contributed by atoms with Gasteiger partial charge in [0.25, 0.3) is 0 Å². The van der Waals surface area contributed by atoms with Gasteiger partial charge in [-0.1, -0.05) is 6.07 Å². The number of carbonyl (C=O) groups is 2. The second-order valence-electron chi connectivity index (χ2n) is 8.84. The third kappa shape index (κ3) is 4.97. The first-order valence-corrected chi connectivity index (χ1v) is 11.4. The third-order valence-electron chi connectivity index (χ3n) is 6.79. The Balaban J connectivity index is 1.30. The highest BCUT2D eigenvalue weighted by Crippen LogP contribution is 2.33. The number of carbonyl (C=O) groups excluding carboxylic acids is 2. The van der Waals surface area contributed by atoms with Gasteiger partial charge >= 0.3 is 0 Å². The van der Waals surface area contributed by atoms with Crippen LogP contribution < -0.4 is 0 Å². The van der Waals surface area contributed by atoms with Crippen molar-refractivity contribution in [3.63, 3.8) is 0 Å². The van der Waals surface area contributed by atoms with Gasteiger partial charge in [-0.2, -0.15) is 0 Å². The summed E-state index contributed by atoms with van der Waals surface area (Å²) in [7, 11) is 0. The van der Waals surface area contributed by atoms with E-state index in [4.69, 9.17) is 0 Å². The highest BCUT2D eigenvalue weighted by molar-refractivity contribution is 5.81. The largest absolute Gasteiger partial charge is 0.342 e. The van der Waals surface area contributed by atoms with E-state index in [1.807, 2.05) is 30.0 Å². The van der Waals surface area contributed by atoms with Gasteiger partial charge < -0.3 is 9.80 Å². The second kappa shape index (κ2) is 9.24. The summed E-state index contributed by atoms with van der Waals surface area (Å²) in [6, 6.07) is 6.38. The lowest BCUT2D eigenvalue weighted by Gasteiger charge is -2.42. The number of pyridine rings is 1. The van der Waals surface area contributed by atoms with E-state index in [2.05, 4.69) is 14.8 Å². The summed E-state index contributed by atoms with van der Waals surface area (Å²) in [5.41, 5.74) is 0.947. The van der Waals surface area contributed by atoms with E-state index in [0.29, 0.717) is 31.0 Å². The van der Waals surface area contributed by atoms with Gasteiger partial charge in [0.05, 0.1) is 18.2 Å². The van der Waals surface area contributed by atoms with Crippen molar-refractivity contribution in [1.82, 2.24) is 19.7 Å². The Morgan fingerprint density at radius 2 is 1.86 bits per heavy atom. The lowest BCUT2D eigenvalue weighted by Crippen LogP contribution is -2.52. The number of likely N-dealkylation sites (tertiary alicyclic amines) is 2. The zero-order chi connectivity index (χ0) is 20.2. The Kier molecular flexibility index (Phi) is 6.48. The van der Waals surface area contributed by atoms with Crippen molar-refractivity contribution in [3.05, 3.63) is 30.1 Å². The molecule has 1 saturated carbocycles. The van der Waals surface area contributed by atoms with Crippen molar-refractivity contribution in [3.8, 4) is 0 Å². The van der Waals surface area contributed by atoms with Crippen molar-refractivity contribution in [2.24, 2.45) is 11.8 Å². The molecule has 3 aliphatic rings. The lowest BCUT2D eigenvalue weighted by molar-refractivity contribution is -0.138. The normalized spacial score (nSPS) is 23.8. The number of amides is 2. The van der Waals surface area contributed by atoms with Gasteiger partial charge in [0, 0.05) is 44.3 Å². The Hall–Kier alpha value is -1.95. The predicted octanol–water partition coefficient (Wildman–Crippen LogP) is 2.54. The first kappa shape index (κ1) is 20.3. The fourth-order valence-electron chi connectivity index (χ4n) is 4.87. The van der Waals surface area contributed by atoms with Crippen LogP contribution in [0.3, 0.4) is 0 Å². The minimum absolute atomic E-state index is 0.0820. The van der Waals surface area contributed by atoms with Crippen LogP contribution in [-0.4, -0.2) is 70.3 Å². The van der Waals surface area contributed by atoms with Gasteiger partial charge in [-0.3, -0.25) is 19.5 Å². The number of rotatable bonds is 6. The van der Waals surface area contributed by atoms with Crippen molar-refractivity contribution >= 4 is 11.8 Å². The fraction of sp³-hybridized carbons (Fsp3) is 0.696. The highest BCUT2D eigenvalue weighted by Gasteiger charge is 2.37. The number of hydrogen-bond acceptors (Lipinski definition) is 4. The van der Waals surface area contributed by atoms with Crippen LogP contribution >= 0.6 is 0 Å². The zero-order valence-corrected chi connectivity index (χ0v) is 17.6. The van der Waals surface area contributed by atoms with Crippen molar-refractivity contribution in [2.45, 2.75) is 58.0 Å². The Morgan fingerprint density at radius 1 is 1.07 bits per heavy atom. The molecule has 6 nitrogen and oxygen atoms in total. The van der Waals surface area contributed by atoms with E-state index in [9.17, 15) is 9.59 Å². The molecule has 2 saturated heterocycles. The molecule has 2 aliphatic heterocycles. The maximum Gasteiger partial charge on any atom is 0.227 e. The molecule has 0 radical (unpaired) electrons. The predicted molar refractivity (Wildman–Crippen MR) is 112 cm³/mol. The molecule has 29 heavy (non-hydrogen) atoms. The van der Waals surface area contributed by atoms with Crippen molar-refractivity contribution in [1.29, 1.82) is 0 Å². The van der Waals surface area contributed by atoms with Crippen molar-refractivity contribution < 1.29 is 9.59 Å². The first-order chi connectivity index (χ1) is 14.2. The number of nitrogens with zero attached hydrogens (tertiary/aromatic N) is 4. The maximum absolute atomic E-state index is 13.2. The monoisotopic (exact) mass is 398 g/mol. The quantitative estimate of drug-likeness (QED) is 0.739. The summed E-state index contributed by atoms with van der Waals surface area (Å²) in [5.74, 6) is 1.05. The molecular formula is C23H34N4O2. The lowest BCUT2D eigenvalue weighted by atomic mass is 9.92. The Bertz CT molecular complexity index is 698. The highest BCUT2D eigenvalue weighted by atomic mass is 16.2. The third-order valence-corrected chi connectivity index (χ3v) is 6.79. The molecule has 4 rings (SSSR count). The maximum atomic E-state index is 13.2. The standard InChI is InChI=1S/C23H34N4O2/c1-2-25(17-20-7-3-4-12-24-20)23(29)19-6-5-13-27(16-19)21-10-14-26(15-11-21)22(28)18-8-9-18/h3-4,7,12,18-19,21H,2,5-6,8-11,13-17H2,1H3/t19-/m1/s1. The topological polar surface area (TPSA) is 56.8 Å². The van der Waals surface area contributed by atoms with Gasteiger partial charge in [-0.25, -0.2) is 0 Å².